The van der Waals surface area contributed by atoms with Gasteiger partial charge in [0.05, 0.1) is 10.9 Å². The molecule has 5 heteroatoms. The number of nitrogens with one attached hydrogen (secondary N) is 1. The zero-order valence-electron chi connectivity index (χ0n) is 9.79. The Balaban J connectivity index is 2.32. The van der Waals surface area contributed by atoms with E-state index in [0.29, 0.717) is 12.2 Å². The molecular formula is C11H17ClN2OS. The molecule has 1 heterocycles. The molecule has 0 saturated heterocycles. The number of alkyl halides is 1. The lowest BCUT2D eigenvalue weighted by Gasteiger charge is -2.21. The molecule has 90 valence electrons. The van der Waals surface area contributed by atoms with Crippen molar-refractivity contribution in [1.82, 2.24) is 10.3 Å². The highest BCUT2D eigenvalue weighted by molar-refractivity contribution is 7.07. The number of rotatable bonds is 4. The summed E-state index contributed by atoms with van der Waals surface area (Å²) in [7, 11) is 0. The summed E-state index contributed by atoms with van der Waals surface area (Å²) in [4.78, 5) is 15.5. The Bertz CT molecular complexity index is 332. The van der Waals surface area contributed by atoms with Crippen LogP contribution in [-0.2, 0) is 0 Å². The van der Waals surface area contributed by atoms with E-state index in [1.807, 2.05) is 0 Å². The molecule has 1 atom stereocenters. The Morgan fingerprint density at radius 1 is 1.62 bits per heavy atom. The minimum absolute atomic E-state index is 0.0393. The molecule has 0 bridgehead atoms. The van der Waals surface area contributed by atoms with Crippen molar-refractivity contribution in [2.45, 2.75) is 32.6 Å². The molecule has 3 nitrogen and oxygen atoms in total. The number of amides is 1. The van der Waals surface area contributed by atoms with Crippen molar-refractivity contribution in [3.05, 3.63) is 16.6 Å². The van der Waals surface area contributed by atoms with Gasteiger partial charge in [-0.15, -0.1) is 22.9 Å². The largest absolute Gasteiger partial charge is 0.349 e. The topological polar surface area (TPSA) is 42.0 Å². The quantitative estimate of drug-likeness (QED) is 0.846. The molecule has 1 unspecified atom stereocenters. The van der Waals surface area contributed by atoms with Crippen LogP contribution in [0.25, 0.3) is 0 Å². The molecule has 0 fully saturated rings. The first-order valence-electron chi connectivity index (χ1n) is 5.19. The second-order valence-electron chi connectivity index (χ2n) is 4.95. The van der Waals surface area contributed by atoms with Gasteiger partial charge in [0.25, 0.3) is 5.91 Å². The molecule has 16 heavy (non-hydrogen) atoms. The molecule has 0 aliphatic carbocycles. The van der Waals surface area contributed by atoms with E-state index in [4.69, 9.17) is 11.6 Å². The lowest BCUT2D eigenvalue weighted by molar-refractivity contribution is 0.0947. The summed E-state index contributed by atoms with van der Waals surface area (Å²) in [6.07, 6.45) is 0.867. The summed E-state index contributed by atoms with van der Waals surface area (Å²) in [5.74, 6) is -0.152. The fourth-order valence-corrected chi connectivity index (χ4v) is 2.43. The van der Waals surface area contributed by atoms with E-state index in [-0.39, 0.29) is 16.7 Å². The van der Waals surface area contributed by atoms with Gasteiger partial charge in [0.1, 0.15) is 5.69 Å². The molecule has 0 aliphatic rings. The Morgan fingerprint density at radius 3 is 2.81 bits per heavy atom. The Hall–Kier alpha value is -0.610. The van der Waals surface area contributed by atoms with Crippen molar-refractivity contribution in [3.8, 4) is 0 Å². The number of nitrogens with zero attached hydrogens (tertiary/aromatic N) is 1. The van der Waals surface area contributed by atoms with E-state index in [2.05, 4.69) is 31.1 Å². The molecule has 0 saturated carbocycles. The normalized spacial score (nSPS) is 13.5. The molecule has 0 aromatic carbocycles. The van der Waals surface area contributed by atoms with E-state index >= 15 is 0 Å². The first-order chi connectivity index (χ1) is 7.38. The Kier molecular flexibility index (Phi) is 4.74. The molecule has 1 amide bonds. The zero-order valence-corrected chi connectivity index (χ0v) is 11.4. The lowest BCUT2D eigenvalue weighted by Crippen LogP contribution is -2.31. The van der Waals surface area contributed by atoms with Crippen LogP contribution in [0.3, 0.4) is 0 Å². The van der Waals surface area contributed by atoms with Crippen molar-refractivity contribution in [3.63, 3.8) is 0 Å². The van der Waals surface area contributed by atoms with Gasteiger partial charge < -0.3 is 5.32 Å². The minimum Gasteiger partial charge on any atom is -0.349 e. The van der Waals surface area contributed by atoms with Crippen molar-refractivity contribution in [1.29, 1.82) is 0 Å². The molecule has 1 aromatic rings. The van der Waals surface area contributed by atoms with Crippen LogP contribution in [0.5, 0.6) is 0 Å². The van der Waals surface area contributed by atoms with E-state index in [1.165, 1.54) is 11.3 Å². The van der Waals surface area contributed by atoms with Crippen LogP contribution >= 0.6 is 22.9 Å². The van der Waals surface area contributed by atoms with Crippen LogP contribution in [0.4, 0.5) is 0 Å². The van der Waals surface area contributed by atoms with Crippen LogP contribution in [0.15, 0.2) is 10.9 Å². The van der Waals surface area contributed by atoms with Crippen LogP contribution in [0.1, 0.15) is 37.7 Å². The van der Waals surface area contributed by atoms with Crippen LogP contribution in [0.2, 0.25) is 0 Å². The molecule has 1 N–H and O–H groups in total. The summed E-state index contributed by atoms with van der Waals surface area (Å²) >= 11 is 7.55. The molecule has 0 radical (unpaired) electrons. The van der Waals surface area contributed by atoms with Gasteiger partial charge in [-0.2, -0.15) is 0 Å². The second-order valence-corrected chi connectivity index (χ2v) is 6.28. The lowest BCUT2D eigenvalue weighted by atomic mass is 9.90. The number of thiazole rings is 1. The zero-order chi connectivity index (χ0) is 12.2. The Labute approximate surface area is 105 Å². The highest BCUT2D eigenvalue weighted by atomic mass is 35.5. The predicted octanol–water partition coefficient (Wildman–Crippen LogP) is 2.92. The maximum Gasteiger partial charge on any atom is 0.270 e. The first-order valence-corrected chi connectivity index (χ1v) is 6.57. The highest BCUT2D eigenvalue weighted by Gasteiger charge is 2.17. The van der Waals surface area contributed by atoms with Crippen LogP contribution in [0, 0.1) is 5.41 Å². The Morgan fingerprint density at radius 2 is 2.31 bits per heavy atom. The maximum atomic E-state index is 11.6. The number of aromatic nitrogens is 1. The number of hydrogen-bond acceptors (Lipinski definition) is 3. The molecular weight excluding hydrogens is 244 g/mol. The molecule has 0 aliphatic heterocycles. The predicted molar refractivity (Wildman–Crippen MR) is 68.2 cm³/mol. The average Bonchev–Trinajstić information content (AvgIpc) is 2.64. The van der Waals surface area contributed by atoms with Gasteiger partial charge in [-0.25, -0.2) is 4.98 Å². The van der Waals surface area contributed by atoms with E-state index < -0.39 is 0 Å². The van der Waals surface area contributed by atoms with Crippen LogP contribution in [-0.4, -0.2) is 22.8 Å². The molecule has 0 spiro atoms. The average molecular weight is 261 g/mol. The number of halogens is 1. The third-order valence-corrected chi connectivity index (χ3v) is 2.88. The summed E-state index contributed by atoms with van der Waals surface area (Å²) in [6.45, 7) is 6.87. The summed E-state index contributed by atoms with van der Waals surface area (Å²) in [5.41, 5.74) is 2.28. The first kappa shape index (κ1) is 13.5. The van der Waals surface area contributed by atoms with Crippen molar-refractivity contribution in [2.75, 3.05) is 6.54 Å². The SMILES string of the molecule is CC(C)(C)CC(Cl)CNC(=O)c1cscn1. The second kappa shape index (κ2) is 5.64. The van der Waals surface area contributed by atoms with Gasteiger partial charge in [-0.1, -0.05) is 20.8 Å². The van der Waals surface area contributed by atoms with Crippen molar-refractivity contribution in [2.24, 2.45) is 5.41 Å². The fraction of sp³-hybridized carbons (Fsp3) is 0.636. The van der Waals surface area contributed by atoms with Gasteiger partial charge in [0, 0.05) is 11.9 Å². The van der Waals surface area contributed by atoms with Crippen LogP contribution < -0.4 is 5.32 Å². The maximum absolute atomic E-state index is 11.6. The highest BCUT2D eigenvalue weighted by Crippen LogP contribution is 2.23. The summed E-state index contributed by atoms with van der Waals surface area (Å²) < 4.78 is 0. The van der Waals surface area contributed by atoms with Gasteiger partial charge in [0.2, 0.25) is 0 Å². The molecule has 1 aromatic heterocycles. The molecule has 1 rings (SSSR count). The van der Waals surface area contributed by atoms with Gasteiger partial charge >= 0.3 is 0 Å². The van der Waals surface area contributed by atoms with Gasteiger partial charge in [0.15, 0.2) is 0 Å². The van der Waals surface area contributed by atoms with Crippen molar-refractivity contribution < 1.29 is 4.79 Å². The monoisotopic (exact) mass is 260 g/mol. The van der Waals surface area contributed by atoms with Gasteiger partial charge in [-0.3, -0.25) is 4.79 Å². The van der Waals surface area contributed by atoms with E-state index in [9.17, 15) is 4.79 Å². The summed E-state index contributed by atoms with van der Waals surface area (Å²) in [6, 6.07) is 0. The number of carbonyl (C=O) groups is 1. The minimum atomic E-state index is -0.152. The van der Waals surface area contributed by atoms with E-state index in [1.54, 1.807) is 10.9 Å². The van der Waals surface area contributed by atoms with Crippen molar-refractivity contribution >= 4 is 28.8 Å². The fourth-order valence-electron chi connectivity index (χ4n) is 1.36. The number of carbonyl (C=O) groups excluding carboxylic acids is 1. The standard InChI is InChI=1S/C11H17ClN2OS/c1-11(2,3)4-8(12)5-13-10(15)9-6-16-7-14-9/h6-8H,4-5H2,1-3H3,(H,13,15). The van der Waals surface area contributed by atoms with Gasteiger partial charge in [-0.05, 0) is 11.8 Å². The third kappa shape index (κ3) is 4.94. The van der Waals surface area contributed by atoms with E-state index in [0.717, 1.165) is 6.42 Å². The summed E-state index contributed by atoms with van der Waals surface area (Å²) in [5, 5.41) is 4.47. The third-order valence-electron chi connectivity index (χ3n) is 1.98. The smallest absolute Gasteiger partial charge is 0.270 e. The number of hydrogen-bond donors (Lipinski definition) is 1.